The van der Waals surface area contributed by atoms with Crippen molar-refractivity contribution in [2.24, 2.45) is 11.8 Å². The molecule has 0 N–H and O–H groups in total. The van der Waals surface area contributed by atoms with Crippen molar-refractivity contribution in [3.63, 3.8) is 0 Å². The monoisotopic (exact) mass is 194 g/mol. The van der Waals surface area contributed by atoms with Gasteiger partial charge in [-0.1, -0.05) is 13.3 Å². The number of ether oxygens (including phenoxy) is 1. The van der Waals surface area contributed by atoms with Crippen molar-refractivity contribution in [2.45, 2.75) is 58.5 Å². The first-order chi connectivity index (χ1) is 6.61. The Bertz CT molecular complexity index is 240. The van der Waals surface area contributed by atoms with E-state index in [4.69, 9.17) is 4.74 Å². The minimum Gasteiger partial charge on any atom is -0.492 e. The molecule has 0 aromatic carbocycles. The summed E-state index contributed by atoms with van der Waals surface area (Å²) in [4.78, 5) is 0. The smallest absolute Gasteiger partial charge is 0.103 e. The van der Waals surface area contributed by atoms with Gasteiger partial charge in [-0.3, -0.25) is 0 Å². The largest absolute Gasteiger partial charge is 0.492 e. The van der Waals surface area contributed by atoms with Gasteiger partial charge < -0.3 is 4.74 Å². The van der Waals surface area contributed by atoms with Gasteiger partial charge in [-0.2, -0.15) is 0 Å². The third kappa shape index (κ3) is 1.97. The second-order valence-electron chi connectivity index (χ2n) is 5.45. The summed E-state index contributed by atoms with van der Waals surface area (Å²) in [5, 5.41) is 0. The standard InChI is InChI=1S/C13H22O/c1-4-10-5-6-12-11(9-10)7-8-13(2,3)14-12/h6,10-11H,4-5,7-9H2,1-3H3. The highest BCUT2D eigenvalue weighted by atomic mass is 16.5. The van der Waals surface area contributed by atoms with Gasteiger partial charge in [0.25, 0.3) is 0 Å². The Labute approximate surface area is 87.5 Å². The van der Waals surface area contributed by atoms with Crippen LogP contribution in [-0.2, 0) is 4.74 Å². The van der Waals surface area contributed by atoms with Crippen molar-refractivity contribution >= 4 is 0 Å². The van der Waals surface area contributed by atoms with Crippen LogP contribution in [0.4, 0.5) is 0 Å². The number of hydrogen-bond acceptors (Lipinski definition) is 1. The molecule has 0 aromatic rings. The number of fused-ring (bicyclic) bond motifs is 1. The maximum atomic E-state index is 6.03. The number of hydrogen-bond donors (Lipinski definition) is 0. The average Bonchev–Trinajstić information content (AvgIpc) is 2.16. The summed E-state index contributed by atoms with van der Waals surface area (Å²) in [6, 6.07) is 0. The molecule has 0 amide bonds. The van der Waals surface area contributed by atoms with E-state index in [1.165, 1.54) is 37.9 Å². The fraction of sp³-hybridized carbons (Fsp3) is 0.846. The van der Waals surface area contributed by atoms with Gasteiger partial charge in [0, 0.05) is 5.92 Å². The maximum Gasteiger partial charge on any atom is 0.103 e. The molecule has 1 aliphatic carbocycles. The first-order valence-electron chi connectivity index (χ1n) is 6.00. The van der Waals surface area contributed by atoms with Crippen molar-refractivity contribution in [1.82, 2.24) is 0 Å². The van der Waals surface area contributed by atoms with E-state index >= 15 is 0 Å². The van der Waals surface area contributed by atoms with Crippen molar-refractivity contribution in [3.05, 3.63) is 11.8 Å². The lowest BCUT2D eigenvalue weighted by atomic mass is 9.78. The fourth-order valence-corrected chi connectivity index (χ4v) is 2.67. The Morgan fingerprint density at radius 2 is 2.29 bits per heavy atom. The Hall–Kier alpha value is -0.460. The molecule has 1 heteroatoms. The van der Waals surface area contributed by atoms with Gasteiger partial charge in [0.05, 0.1) is 5.76 Å². The van der Waals surface area contributed by atoms with Crippen molar-refractivity contribution in [1.29, 1.82) is 0 Å². The molecule has 14 heavy (non-hydrogen) atoms. The zero-order valence-corrected chi connectivity index (χ0v) is 9.68. The minimum atomic E-state index is 0.0847. The molecule has 2 atom stereocenters. The SMILES string of the molecule is CCC1CC=C2OC(C)(C)CCC2C1. The predicted molar refractivity (Wildman–Crippen MR) is 59.0 cm³/mol. The number of rotatable bonds is 1. The summed E-state index contributed by atoms with van der Waals surface area (Å²) in [7, 11) is 0. The lowest BCUT2D eigenvalue weighted by Crippen LogP contribution is -2.34. The second kappa shape index (κ2) is 3.60. The van der Waals surface area contributed by atoms with Crippen LogP contribution in [0.1, 0.15) is 52.9 Å². The first kappa shape index (κ1) is 10.1. The van der Waals surface area contributed by atoms with Crippen molar-refractivity contribution in [2.75, 3.05) is 0 Å². The molecule has 80 valence electrons. The van der Waals surface area contributed by atoms with Gasteiger partial charge in [0.15, 0.2) is 0 Å². The molecule has 2 rings (SSSR count). The molecule has 2 aliphatic rings. The van der Waals surface area contributed by atoms with E-state index in [9.17, 15) is 0 Å². The lowest BCUT2D eigenvalue weighted by Gasteiger charge is -2.41. The molecule has 1 heterocycles. The van der Waals surface area contributed by atoms with E-state index in [0.29, 0.717) is 0 Å². The molecule has 0 radical (unpaired) electrons. The van der Waals surface area contributed by atoms with Gasteiger partial charge in [-0.15, -0.1) is 0 Å². The molecule has 0 bridgehead atoms. The van der Waals surface area contributed by atoms with E-state index in [0.717, 1.165) is 11.8 Å². The van der Waals surface area contributed by atoms with Crippen molar-refractivity contribution in [3.8, 4) is 0 Å². The Morgan fingerprint density at radius 1 is 1.50 bits per heavy atom. The summed E-state index contributed by atoms with van der Waals surface area (Å²) in [5.41, 5.74) is 0.0847. The summed E-state index contributed by atoms with van der Waals surface area (Å²) >= 11 is 0. The van der Waals surface area contributed by atoms with Crippen LogP contribution in [0.3, 0.4) is 0 Å². The summed E-state index contributed by atoms with van der Waals surface area (Å²) in [6.45, 7) is 6.71. The fourth-order valence-electron chi connectivity index (χ4n) is 2.67. The van der Waals surface area contributed by atoms with Gasteiger partial charge in [0.1, 0.15) is 5.60 Å². The zero-order chi connectivity index (χ0) is 10.2. The van der Waals surface area contributed by atoms with Crippen LogP contribution >= 0.6 is 0 Å². The highest BCUT2D eigenvalue weighted by Crippen LogP contribution is 2.42. The van der Waals surface area contributed by atoms with E-state index in [-0.39, 0.29) is 5.60 Å². The van der Waals surface area contributed by atoms with E-state index in [1.807, 2.05) is 0 Å². The van der Waals surface area contributed by atoms with Crippen LogP contribution in [0.25, 0.3) is 0 Å². The highest BCUT2D eigenvalue weighted by Gasteiger charge is 2.34. The molecule has 0 spiro atoms. The summed E-state index contributed by atoms with van der Waals surface area (Å²) in [6.07, 6.45) is 8.81. The van der Waals surface area contributed by atoms with Gasteiger partial charge in [-0.05, 0) is 51.5 Å². The van der Waals surface area contributed by atoms with Crippen LogP contribution in [0, 0.1) is 11.8 Å². The van der Waals surface area contributed by atoms with Crippen LogP contribution in [0.2, 0.25) is 0 Å². The third-order valence-electron chi connectivity index (χ3n) is 3.74. The van der Waals surface area contributed by atoms with Gasteiger partial charge in [-0.25, -0.2) is 0 Å². The molecule has 1 nitrogen and oxygen atoms in total. The molecule has 2 unspecified atom stereocenters. The van der Waals surface area contributed by atoms with E-state index in [2.05, 4.69) is 26.8 Å². The third-order valence-corrected chi connectivity index (χ3v) is 3.74. The van der Waals surface area contributed by atoms with E-state index in [1.54, 1.807) is 0 Å². The quantitative estimate of drug-likeness (QED) is 0.615. The molecular weight excluding hydrogens is 172 g/mol. The lowest BCUT2D eigenvalue weighted by molar-refractivity contribution is -0.0322. The molecular formula is C13H22O. The Balaban J connectivity index is 2.06. The molecule has 1 aliphatic heterocycles. The first-order valence-corrected chi connectivity index (χ1v) is 6.00. The van der Waals surface area contributed by atoms with E-state index < -0.39 is 0 Å². The highest BCUT2D eigenvalue weighted by molar-refractivity contribution is 5.08. The number of allylic oxidation sites excluding steroid dienone is 2. The van der Waals surface area contributed by atoms with Crippen LogP contribution in [-0.4, -0.2) is 5.60 Å². The molecule has 1 fully saturated rings. The predicted octanol–water partition coefficient (Wildman–Crippen LogP) is 3.90. The molecule has 0 aromatic heterocycles. The van der Waals surface area contributed by atoms with Crippen LogP contribution in [0.15, 0.2) is 11.8 Å². The maximum absolute atomic E-state index is 6.03. The average molecular weight is 194 g/mol. The molecule has 1 saturated heterocycles. The topological polar surface area (TPSA) is 9.23 Å². The Kier molecular flexibility index (Phi) is 2.59. The normalized spacial score (nSPS) is 35.5. The second-order valence-corrected chi connectivity index (χ2v) is 5.45. The molecule has 0 saturated carbocycles. The van der Waals surface area contributed by atoms with Crippen LogP contribution < -0.4 is 0 Å². The van der Waals surface area contributed by atoms with Crippen LogP contribution in [0.5, 0.6) is 0 Å². The summed E-state index contributed by atoms with van der Waals surface area (Å²) in [5.74, 6) is 2.95. The Morgan fingerprint density at radius 3 is 3.00 bits per heavy atom. The zero-order valence-electron chi connectivity index (χ0n) is 9.68. The summed E-state index contributed by atoms with van der Waals surface area (Å²) < 4.78 is 6.03. The van der Waals surface area contributed by atoms with Gasteiger partial charge >= 0.3 is 0 Å². The van der Waals surface area contributed by atoms with Crippen molar-refractivity contribution < 1.29 is 4.74 Å². The minimum absolute atomic E-state index is 0.0847. The van der Waals surface area contributed by atoms with Gasteiger partial charge in [0.2, 0.25) is 0 Å².